The summed E-state index contributed by atoms with van der Waals surface area (Å²) in [5, 5.41) is 1.12. The molecule has 1 aliphatic carbocycles. The van der Waals surface area contributed by atoms with E-state index in [0.29, 0.717) is 17.4 Å². The van der Waals surface area contributed by atoms with Crippen LogP contribution >= 0.6 is 23.5 Å². The van der Waals surface area contributed by atoms with Crippen molar-refractivity contribution in [3.05, 3.63) is 41.6 Å². The molecule has 5 nitrogen and oxygen atoms in total. The van der Waals surface area contributed by atoms with Crippen molar-refractivity contribution in [1.82, 2.24) is 14.3 Å². The zero-order chi connectivity index (χ0) is 21.6. The van der Waals surface area contributed by atoms with E-state index in [1.54, 1.807) is 0 Å². The first-order valence-corrected chi connectivity index (χ1v) is 13.3. The van der Waals surface area contributed by atoms with Crippen molar-refractivity contribution in [3.8, 4) is 0 Å². The Labute approximate surface area is 193 Å². The maximum atomic E-state index is 12.7. The zero-order valence-corrected chi connectivity index (χ0v) is 19.8. The Morgan fingerprint density at radius 3 is 2.90 bits per heavy atom. The number of carbonyl (C=O) groups is 2. The number of pyridine rings is 1. The lowest BCUT2D eigenvalue weighted by Crippen LogP contribution is -2.31. The van der Waals surface area contributed by atoms with Crippen LogP contribution in [-0.4, -0.2) is 37.7 Å². The van der Waals surface area contributed by atoms with Gasteiger partial charge in [-0.15, -0.1) is 11.8 Å². The number of nitrogens with zero attached hydrogens (tertiary/aromatic N) is 3. The molecule has 2 aromatic rings. The lowest BCUT2D eigenvalue weighted by atomic mass is 9.86. The summed E-state index contributed by atoms with van der Waals surface area (Å²) >= 11 is 2.98. The second-order valence-corrected chi connectivity index (χ2v) is 10.5. The Morgan fingerprint density at radius 2 is 2.10 bits per heavy atom. The van der Waals surface area contributed by atoms with E-state index >= 15 is 0 Å². The van der Waals surface area contributed by atoms with E-state index < -0.39 is 0 Å². The number of unbranched alkanes of at least 4 members (excludes halogenated alkanes) is 1. The Kier molecular flexibility index (Phi) is 7.77. The first kappa shape index (κ1) is 22.5. The van der Waals surface area contributed by atoms with Crippen molar-refractivity contribution < 1.29 is 9.59 Å². The van der Waals surface area contributed by atoms with Crippen molar-refractivity contribution in [2.45, 2.75) is 63.3 Å². The van der Waals surface area contributed by atoms with Gasteiger partial charge < -0.3 is 0 Å². The molecule has 0 aromatic carbocycles. The first-order chi connectivity index (χ1) is 15.2. The molecule has 31 heavy (non-hydrogen) atoms. The van der Waals surface area contributed by atoms with Crippen molar-refractivity contribution in [1.29, 1.82) is 0 Å². The predicted molar refractivity (Wildman–Crippen MR) is 128 cm³/mol. The monoisotopic (exact) mass is 457 g/mol. The Hall–Kier alpha value is -1.73. The maximum Gasteiger partial charge on any atom is 0.293 e. The third-order valence-electron chi connectivity index (χ3n) is 6.41. The number of imide groups is 1. The van der Waals surface area contributed by atoms with Crippen molar-refractivity contribution in [2.24, 2.45) is 11.8 Å². The smallest absolute Gasteiger partial charge is 0.293 e. The van der Waals surface area contributed by atoms with Gasteiger partial charge in [0.2, 0.25) is 0 Å². The fourth-order valence-corrected chi connectivity index (χ4v) is 6.67. The zero-order valence-electron chi connectivity index (χ0n) is 18.2. The van der Waals surface area contributed by atoms with Crippen LogP contribution in [0.15, 0.2) is 46.6 Å². The second kappa shape index (κ2) is 10.7. The van der Waals surface area contributed by atoms with Gasteiger partial charge in [-0.05, 0) is 60.7 Å². The fraction of sp³-hybridized carbons (Fsp3) is 0.542. The molecule has 0 spiro atoms. The van der Waals surface area contributed by atoms with Crippen LogP contribution in [0.4, 0.5) is 4.79 Å². The maximum absolute atomic E-state index is 12.7. The lowest BCUT2D eigenvalue weighted by Gasteiger charge is -2.25. The van der Waals surface area contributed by atoms with E-state index in [4.69, 9.17) is 0 Å². The summed E-state index contributed by atoms with van der Waals surface area (Å²) in [5.41, 5.74) is 0.979. The molecule has 0 radical (unpaired) electrons. The van der Waals surface area contributed by atoms with Gasteiger partial charge in [-0.25, -0.2) is 4.98 Å². The van der Waals surface area contributed by atoms with Gasteiger partial charge >= 0.3 is 0 Å². The number of hydrogen-bond acceptors (Lipinski definition) is 5. The van der Waals surface area contributed by atoms with E-state index in [-0.39, 0.29) is 11.1 Å². The fourth-order valence-electron chi connectivity index (χ4n) is 4.70. The van der Waals surface area contributed by atoms with Gasteiger partial charge in [0, 0.05) is 18.9 Å². The topological polar surface area (TPSA) is 54.7 Å². The number of allylic oxidation sites excluding steroid dienone is 1. The summed E-state index contributed by atoms with van der Waals surface area (Å²) in [6, 6.07) is 6.23. The molecule has 2 fully saturated rings. The molecule has 4 rings (SSSR count). The molecule has 166 valence electrons. The summed E-state index contributed by atoms with van der Waals surface area (Å²) in [5.74, 6) is 2.23. The molecule has 1 atom stereocenters. The molecule has 2 aliphatic rings. The van der Waals surface area contributed by atoms with Gasteiger partial charge in [0.05, 0.1) is 9.93 Å². The van der Waals surface area contributed by atoms with Crippen LogP contribution in [-0.2, 0) is 4.79 Å². The molecular weight excluding hydrogens is 426 g/mol. The molecule has 1 unspecified atom stereocenters. The van der Waals surface area contributed by atoms with Crippen LogP contribution in [0.2, 0.25) is 0 Å². The van der Waals surface area contributed by atoms with Gasteiger partial charge in [0.1, 0.15) is 5.65 Å². The molecule has 2 aromatic heterocycles. The van der Waals surface area contributed by atoms with E-state index in [2.05, 4.69) is 28.4 Å². The van der Waals surface area contributed by atoms with E-state index in [1.807, 2.05) is 36.3 Å². The molecule has 2 amide bonds. The minimum absolute atomic E-state index is 0.0882. The molecule has 1 saturated carbocycles. The van der Waals surface area contributed by atoms with Gasteiger partial charge in [0.15, 0.2) is 0 Å². The predicted octanol–water partition coefficient (Wildman–Crippen LogP) is 6.39. The van der Waals surface area contributed by atoms with Crippen LogP contribution in [0.5, 0.6) is 0 Å². The van der Waals surface area contributed by atoms with Crippen LogP contribution in [0, 0.1) is 11.8 Å². The van der Waals surface area contributed by atoms with E-state index in [1.165, 1.54) is 35.6 Å². The number of thioether (sulfide) groups is 2. The molecule has 0 bridgehead atoms. The molecule has 1 saturated heterocycles. The van der Waals surface area contributed by atoms with Crippen LogP contribution in [0.1, 0.15) is 58.3 Å². The van der Waals surface area contributed by atoms with E-state index in [9.17, 15) is 9.59 Å². The lowest BCUT2D eigenvalue weighted by molar-refractivity contribution is -0.123. The summed E-state index contributed by atoms with van der Waals surface area (Å²) < 4.78 is 2.14. The average Bonchev–Trinajstić information content (AvgIpc) is 3.51. The van der Waals surface area contributed by atoms with Crippen LogP contribution in [0.25, 0.3) is 5.65 Å². The van der Waals surface area contributed by atoms with Crippen molar-refractivity contribution in [2.75, 3.05) is 12.3 Å². The largest absolute Gasteiger partial charge is 0.294 e. The summed E-state index contributed by atoms with van der Waals surface area (Å²) in [6.45, 7) is 2.63. The number of imidazole rings is 1. The van der Waals surface area contributed by atoms with Crippen LogP contribution < -0.4 is 0 Å². The minimum Gasteiger partial charge on any atom is -0.294 e. The normalized spacial score (nSPS) is 19.9. The van der Waals surface area contributed by atoms with Gasteiger partial charge in [-0.1, -0.05) is 51.2 Å². The highest BCUT2D eigenvalue weighted by atomic mass is 32.2. The number of rotatable bonds is 10. The first-order valence-electron chi connectivity index (χ1n) is 11.5. The highest BCUT2D eigenvalue weighted by Crippen LogP contribution is 2.38. The molecule has 1 aliphatic heterocycles. The highest BCUT2D eigenvalue weighted by molar-refractivity contribution is 8.18. The third-order valence-corrected chi connectivity index (χ3v) is 8.44. The number of carbonyl (C=O) groups excluding carboxylic acids is 2. The number of aromatic nitrogens is 2. The van der Waals surface area contributed by atoms with Crippen molar-refractivity contribution >= 4 is 40.3 Å². The molecule has 7 heteroatoms. The standard InChI is InChI=1S/C24H31N3O2S2/c1-2-3-9-20-23(28)27(24(29)31-20)15-12-19(18-7-4-5-8-18)13-17-30-22-11-6-10-21-25-14-16-26(21)22/h6,9-11,14,16,18-19H,2-5,7-8,12-13,15,17H2,1H3/b20-9-. The Bertz CT molecular complexity index is 949. The molecular formula is C24H31N3O2S2. The van der Waals surface area contributed by atoms with Crippen molar-refractivity contribution in [3.63, 3.8) is 0 Å². The minimum atomic E-state index is -0.0984. The average molecular weight is 458 g/mol. The summed E-state index contributed by atoms with van der Waals surface area (Å²) in [7, 11) is 0. The summed E-state index contributed by atoms with van der Waals surface area (Å²) in [4.78, 5) is 31.5. The summed E-state index contributed by atoms with van der Waals surface area (Å²) in [6.07, 6.45) is 14.8. The third kappa shape index (κ3) is 5.37. The molecule has 0 N–H and O–H groups in total. The highest BCUT2D eigenvalue weighted by Gasteiger charge is 2.35. The van der Waals surface area contributed by atoms with Gasteiger partial charge in [0.25, 0.3) is 11.1 Å². The Morgan fingerprint density at radius 1 is 1.26 bits per heavy atom. The quantitative estimate of drug-likeness (QED) is 0.305. The van der Waals surface area contributed by atoms with E-state index in [0.717, 1.165) is 54.8 Å². The number of fused-ring (bicyclic) bond motifs is 1. The Balaban J connectivity index is 1.35. The second-order valence-electron chi connectivity index (χ2n) is 8.43. The number of amides is 2. The molecule has 3 heterocycles. The number of hydrogen-bond donors (Lipinski definition) is 0. The SMILES string of the molecule is CCC/C=C1\SC(=O)N(CCC(CCSc2cccc3nccn23)C2CCCC2)C1=O. The van der Waals surface area contributed by atoms with Gasteiger partial charge in [-0.3, -0.25) is 18.9 Å². The van der Waals surface area contributed by atoms with Gasteiger partial charge in [-0.2, -0.15) is 0 Å². The van der Waals surface area contributed by atoms with Crippen LogP contribution in [0.3, 0.4) is 0 Å².